The molecule has 114 valence electrons. The van der Waals surface area contributed by atoms with Gasteiger partial charge in [0, 0.05) is 22.5 Å². The molecular formula is C18H24BrNO. The first-order valence-electron chi connectivity index (χ1n) is 8.34. The number of nitrogens with two attached hydrogens (primary N) is 1. The van der Waals surface area contributed by atoms with E-state index in [1.807, 2.05) is 0 Å². The van der Waals surface area contributed by atoms with Crippen LogP contribution < -0.4 is 10.5 Å². The minimum atomic E-state index is 0.00104. The summed E-state index contributed by atoms with van der Waals surface area (Å²) in [5.74, 6) is 1.01. The van der Waals surface area contributed by atoms with Crippen LogP contribution in [0.1, 0.15) is 69.4 Å². The van der Waals surface area contributed by atoms with Crippen LogP contribution in [-0.2, 0) is 0 Å². The van der Waals surface area contributed by atoms with Gasteiger partial charge in [-0.1, -0.05) is 34.8 Å². The average molecular weight is 350 g/mol. The molecule has 1 atom stereocenters. The van der Waals surface area contributed by atoms with Crippen LogP contribution in [0.15, 0.2) is 22.7 Å². The number of hydrogen-bond acceptors (Lipinski definition) is 2. The lowest BCUT2D eigenvalue weighted by molar-refractivity contribution is -0.0327. The second kappa shape index (κ2) is 4.99. The van der Waals surface area contributed by atoms with Crippen molar-refractivity contribution in [1.29, 1.82) is 0 Å². The van der Waals surface area contributed by atoms with Crippen LogP contribution in [0, 0.1) is 5.41 Å². The van der Waals surface area contributed by atoms with Gasteiger partial charge in [0.25, 0.3) is 0 Å². The van der Waals surface area contributed by atoms with Gasteiger partial charge in [0.2, 0.25) is 0 Å². The Balaban J connectivity index is 1.57. The highest BCUT2D eigenvalue weighted by molar-refractivity contribution is 9.10. The highest BCUT2D eigenvalue weighted by Gasteiger charge is 2.47. The molecule has 0 aromatic heterocycles. The number of fused-ring (bicyclic) bond motifs is 1. The quantitative estimate of drug-likeness (QED) is 0.706. The Morgan fingerprint density at radius 1 is 1.05 bits per heavy atom. The second-order valence-corrected chi connectivity index (χ2v) is 8.40. The van der Waals surface area contributed by atoms with Crippen molar-refractivity contribution < 1.29 is 4.74 Å². The van der Waals surface area contributed by atoms with Gasteiger partial charge in [-0.25, -0.2) is 0 Å². The molecule has 0 saturated heterocycles. The van der Waals surface area contributed by atoms with Gasteiger partial charge >= 0.3 is 0 Å². The van der Waals surface area contributed by atoms with E-state index in [9.17, 15) is 0 Å². The van der Waals surface area contributed by atoms with Crippen molar-refractivity contribution in [2.45, 2.75) is 69.4 Å². The number of rotatable bonds is 0. The lowest BCUT2D eigenvalue weighted by Gasteiger charge is -2.48. The summed E-state index contributed by atoms with van der Waals surface area (Å²) in [5.41, 5.74) is 8.27. The summed E-state index contributed by atoms with van der Waals surface area (Å²) in [6, 6.07) is 6.39. The summed E-state index contributed by atoms with van der Waals surface area (Å²) >= 11 is 3.55. The number of hydrogen-bond donors (Lipinski definition) is 1. The summed E-state index contributed by atoms with van der Waals surface area (Å²) in [7, 11) is 0. The SMILES string of the molecule is N[C@@H]1CC2(CCC3(CCCC3)CC2)Oc2cc(Br)ccc21. The fourth-order valence-electron chi connectivity index (χ4n) is 4.86. The van der Waals surface area contributed by atoms with Gasteiger partial charge in [0.05, 0.1) is 0 Å². The molecule has 3 heteroatoms. The monoisotopic (exact) mass is 349 g/mol. The maximum Gasteiger partial charge on any atom is 0.126 e. The molecule has 2 nitrogen and oxygen atoms in total. The molecule has 2 aliphatic carbocycles. The van der Waals surface area contributed by atoms with Crippen molar-refractivity contribution in [2.24, 2.45) is 11.1 Å². The minimum absolute atomic E-state index is 0.00104. The van der Waals surface area contributed by atoms with E-state index in [0.717, 1.165) is 16.6 Å². The summed E-state index contributed by atoms with van der Waals surface area (Å²) in [6.45, 7) is 0. The van der Waals surface area contributed by atoms with Crippen molar-refractivity contribution >= 4 is 15.9 Å². The van der Waals surface area contributed by atoms with Crippen LogP contribution in [0.3, 0.4) is 0 Å². The minimum Gasteiger partial charge on any atom is -0.487 e. The van der Waals surface area contributed by atoms with Crippen LogP contribution in [0.2, 0.25) is 0 Å². The van der Waals surface area contributed by atoms with Crippen molar-refractivity contribution in [2.75, 3.05) is 0 Å². The Morgan fingerprint density at radius 3 is 2.48 bits per heavy atom. The molecular weight excluding hydrogens is 326 g/mol. The fraction of sp³-hybridized carbons (Fsp3) is 0.667. The molecule has 2 saturated carbocycles. The highest BCUT2D eigenvalue weighted by Crippen LogP contribution is 2.55. The van der Waals surface area contributed by atoms with E-state index in [2.05, 4.69) is 34.1 Å². The molecule has 3 aliphatic rings. The van der Waals surface area contributed by atoms with Gasteiger partial charge < -0.3 is 10.5 Å². The Labute approximate surface area is 135 Å². The predicted molar refractivity (Wildman–Crippen MR) is 88.4 cm³/mol. The first kappa shape index (κ1) is 14.1. The van der Waals surface area contributed by atoms with Gasteiger partial charge in [-0.15, -0.1) is 0 Å². The highest BCUT2D eigenvalue weighted by atomic mass is 79.9. The normalized spacial score (nSPS) is 29.3. The fourth-order valence-corrected chi connectivity index (χ4v) is 5.20. The van der Waals surface area contributed by atoms with Gasteiger partial charge in [0.1, 0.15) is 11.4 Å². The molecule has 0 bridgehead atoms. The smallest absolute Gasteiger partial charge is 0.126 e. The average Bonchev–Trinajstić information content (AvgIpc) is 2.91. The summed E-state index contributed by atoms with van der Waals surface area (Å²) < 4.78 is 7.58. The first-order valence-corrected chi connectivity index (χ1v) is 9.13. The van der Waals surface area contributed by atoms with Crippen LogP contribution in [0.4, 0.5) is 0 Å². The third kappa shape index (κ3) is 2.43. The Morgan fingerprint density at radius 2 is 1.76 bits per heavy atom. The lowest BCUT2D eigenvalue weighted by atomic mass is 9.65. The van der Waals surface area contributed by atoms with E-state index in [4.69, 9.17) is 10.5 Å². The third-order valence-electron chi connectivity index (χ3n) is 6.18. The number of halogens is 1. The molecule has 0 amide bonds. The van der Waals surface area contributed by atoms with Crippen LogP contribution in [0.5, 0.6) is 5.75 Å². The predicted octanol–water partition coefficient (Wildman–Crippen LogP) is 5.10. The third-order valence-corrected chi connectivity index (χ3v) is 6.67. The van der Waals surface area contributed by atoms with Crippen molar-refractivity contribution in [1.82, 2.24) is 0 Å². The van der Waals surface area contributed by atoms with Crippen LogP contribution in [-0.4, -0.2) is 5.60 Å². The Kier molecular flexibility index (Phi) is 3.34. The maximum atomic E-state index is 6.50. The Bertz CT molecular complexity index is 540. The molecule has 0 unspecified atom stereocenters. The van der Waals surface area contributed by atoms with Gasteiger partial charge in [-0.3, -0.25) is 0 Å². The van der Waals surface area contributed by atoms with E-state index in [1.165, 1.54) is 56.9 Å². The van der Waals surface area contributed by atoms with E-state index < -0.39 is 0 Å². The number of benzene rings is 1. The molecule has 2 N–H and O–H groups in total. The molecule has 21 heavy (non-hydrogen) atoms. The summed E-state index contributed by atoms with van der Waals surface area (Å²) in [6.07, 6.45) is 11.8. The molecule has 2 spiro atoms. The van der Waals surface area contributed by atoms with Crippen LogP contribution in [0.25, 0.3) is 0 Å². The summed E-state index contributed by atoms with van der Waals surface area (Å²) in [5, 5.41) is 0. The van der Waals surface area contributed by atoms with E-state index in [-0.39, 0.29) is 11.6 Å². The number of ether oxygens (including phenoxy) is 1. The van der Waals surface area contributed by atoms with E-state index in [1.54, 1.807) is 0 Å². The van der Waals surface area contributed by atoms with Gasteiger partial charge in [-0.05, 0) is 56.1 Å². The maximum absolute atomic E-state index is 6.50. The Hall–Kier alpha value is -0.540. The molecule has 2 fully saturated rings. The van der Waals surface area contributed by atoms with E-state index in [0.29, 0.717) is 5.41 Å². The van der Waals surface area contributed by atoms with Crippen molar-refractivity contribution in [3.8, 4) is 5.75 Å². The zero-order valence-electron chi connectivity index (χ0n) is 12.5. The molecule has 1 aromatic rings. The van der Waals surface area contributed by atoms with Crippen LogP contribution >= 0.6 is 15.9 Å². The zero-order valence-corrected chi connectivity index (χ0v) is 14.1. The zero-order chi connectivity index (χ0) is 14.5. The van der Waals surface area contributed by atoms with Gasteiger partial charge in [0.15, 0.2) is 0 Å². The lowest BCUT2D eigenvalue weighted by Crippen LogP contribution is -2.47. The topological polar surface area (TPSA) is 35.2 Å². The second-order valence-electron chi connectivity index (χ2n) is 7.48. The first-order chi connectivity index (χ1) is 10.1. The van der Waals surface area contributed by atoms with Crippen molar-refractivity contribution in [3.63, 3.8) is 0 Å². The molecule has 4 rings (SSSR count). The van der Waals surface area contributed by atoms with Gasteiger partial charge in [-0.2, -0.15) is 0 Å². The molecule has 1 aromatic carbocycles. The molecule has 1 heterocycles. The van der Waals surface area contributed by atoms with E-state index >= 15 is 0 Å². The van der Waals surface area contributed by atoms with Crippen molar-refractivity contribution in [3.05, 3.63) is 28.2 Å². The molecule has 0 radical (unpaired) electrons. The standard InChI is InChI=1S/C18H24BrNO/c19-13-3-4-14-15(20)12-18(21-16(14)11-13)9-7-17(8-10-18)5-1-2-6-17/h3-4,11,15H,1-2,5-10,12,20H2/t15-/m1/s1. The largest absolute Gasteiger partial charge is 0.487 e. The summed E-state index contributed by atoms with van der Waals surface area (Å²) in [4.78, 5) is 0. The molecule has 1 aliphatic heterocycles.